The van der Waals surface area contributed by atoms with Crippen LogP contribution in [0.1, 0.15) is 44.2 Å². The molecule has 3 nitrogen and oxygen atoms in total. The second kappa shape index (κ2) is 5.41. The number of aromatic nitrogens is 1. The van der Waals surface area contributed by atoms with Gasteiger partial charge >= 0.3 is 0 Å². The highest BCUT2D eigenvalue weighted by atomic mass is 16.3. The normalized spacial score (nSPS) is 27.6. The van der Waals surface area contributed by atoms with Crippen LogP contribution in [0.25, 0.3) is 0 Å². The molecule has 1 aliphatic rings. The van der Waals surface area contributed by atoms with Crippen LogP contribution in [0.15, 0.2) is 24.5 Å². The van der Waals surface area contributed by atoms with Gasteiger partial charge in [-0.2, -0.15) is 0 Å². The number of nitrogens with one attached hydrogen (secondary N) is 1. The minimum atomic E-state index is -0.187. The molecule has 0 aromatic carbocycles. The molecule has 0 saturated heterocycles. The fraction of sp³-hybridized carbons (Fsp3) is 0.615. The summed E-state index contributed by atoms with van der Waals surface area (Å²) in [6, 6.07) is 4.51. The lowest BCUT2D eigenvalue weighted by Crippen LogP contribution is -2.43. The Morgan fingerprint density at radius 1 is 1.44 bits per heavy atom. The number of hydrogen-bond donors (Lipinski definition) is 2. The van der Waals surface area contributed by atoms with Crippen LogP contribution in [0.4, 0.5) is 0 Å². The lowest BCUT2D eigenvalue weighted by Gasteiger charge is -2.31. The third-order valence-corrected chi connectivity index (χ3v) is 3.38. The molecule has 3 heteroatoms. The van der Waals surface area contributed by atoms with Crippen LogP contribution in [0, 0.1) is 0 Å². The Balaban J connectivity index is 1.94. The van der Waals surface area contributed by atoms with Gasteiger partial charge in [-0.25, -0.2) is 0 Å². The Hall–Kier alpha value is -0.930. The molecular weight excluding hydrogens is 200 g/mol. The maximum absolute atomic E-state index is 9.89. The maximum atomic E-state index is 9.89. The van der Waals surface area contributed by atoms with Crippen molar-refractivity contribution >= 4 is 0 Å². The van der Waals surface area contributed by atoms with Crippen molar-refractivity contribution in [2.45, 2.75) is 50.8 Å². The largest absolute Gasteiger partial charge is 0.392 e. The summed E-state index contributed by atoms with van der Waals surface area (Å²) < 4.78 is 0. The zero-order valence-electron chi connectivity index (χ0n) is 9.76. The maximum Gasteiger partial charge on any atom is 0.0693 e. The van der Waals surface area contributed by atoms with Crippen LogP contribution in [0.2, 0.25) is 0 Å². The molecule has 0 bridgehead atoms. The zero-order valence-corrected chi connectivity index (χ0v) is 9.76. The van der Waals surface area contributed by atoms with Crippen molar-refractivity contribution in [1.29, 1.82) is 0 Å². The fourth-order valence-corrected chi connectivity index (χ4v) is 2.36. The van der Waals surface area contributed by atoms with E-state index in [2.05, 4.69) is 23.3 Å². The average molecular weight is 220 g/mol. The van der Waals surface area contributed by atoms with Crippen LogP contribution >= 0.6 is 0 Å². The Labute approximate surface area is 96.9 Å². The van der Waals surface area contributed by atoms with Crippen LogP contribution in [-0.4, -0.2) is 22.2 Å². The van der Waals surface area contributed by atoms with Gasteiger partial charge in [0.1, 0.15) is 0 Å². The van der Waals surface area contributed by atoms with Gasteiger partial charge in [0.15, 0.2) is 0 Å². The predicted octanol–water partition coefficient (Wildman–Crippen LogP) is 2.04. The molecule has 3 unspecified atom stereocenters. The number of aliphatic hydroxyl groups excluding tert-OH is 1. The molecule has 1 saturated carbocycles. The van der Waals surface area contributed by atoms with E-state index in [0.717, 1.165) is 19.3 Å². The van der Waals surface area contributed by atoms with Gasteiger partial charge in [-0.3, -0.25) is 4.98 Å². The highest BCUT2D eigenvalue weighted by molar-refractivity contribution is 5.13. The molecule has 1 fully saturated rings. The minimum Gasteiger partial charge on any atom is -0.392 e. The van der Waals surface area contributed by atoms with Crippen LogP contribution in [0.5, 0.6) is 0 Å². The molecule has 88 valence electrons. The standard InChI is InChI=1S/C13H20N2O/c1-10(11-5-4-8-14-9-11)15-12-6-2-3-7-13(12)16/h4-5,8-10,12-13,15-16H,2-3,6-7H2,1H3. The average Bonchev–Trinajstić information content (AvgIpc) is 2.33. The first-order chi connectivity index (χ1) is 7.77. The van der Waals surface area contributed by atoms with Gasteiger partial charge in [-0.15, -0.1) is 0 Å². The summed E-state index contributed by atoms with van der Waals surface area (Å²) in [6.45, 7) is 2.12. The van der Waals surface area contributed by atoms with Crippen LogP contribution in [-0.2, 0) is 0 Å². The van der Waals surface area contributed by atoms with E-state index in [1.54, 1.807) is 6.20 Å². The highest BCUT2D eigenvalue weighted by Crippen LogP contribution is 2.21. The monoisotopic (exact) mass is 220 g/mol. The van der Waals surface area contributed by atoms with E-state index in [9.17, 15) is 5.11 Å². The van der Waals surface area contributed by atoms with Gasteiger partial charge in [0.05, 0.1) is 6.10 Å². The first-order valence-corrected chi connectivity index (χ1v) is 6.11. The van der Waals surface area contributed by atoms with E-state index < -0.39 is 0 Å². The molecule has 1 aromatic rings. The molecule has 2 N–H and O–H groups in total. The van der Waals surface area contributed by atoms with Crippen molar-refractivity contribution in [2.75, 3.05) is 0 Å². The molecule has 0 aliphatic heterocycles. The SMILES string of the molecule is CC(NC1CCCCC1O)c1cccnc1. The number of pyridine rings is 1. The quantitative estimate of drug-likeness (QED) is 0.819. The third-order valence-electron chi connectivity index (χ3n) is 3.38. The number of nitrogens with zero attached hydrogens (tertiary/aromatic N) is 1. The third kappa shape index (κ3) is 2.80. The summed E-state index contributed by atoms with van der Waals surface area (Å²) in [5.41, 5.74) is 1.18. The summed E-state index contributed by atoms with van der Waals surface area (Å²) in [4.78, 5) is 4.12. The van der Waals surface area contributed by atoms with E-state index in [4.69, 9.17) is 0 Å². The molecule has 1 aromatic heterocycles. The van der Waals surface area contributed by atoms with E-state index in [-0.39, 0.29) is 18.2 Å². The first-order valence-electron chi connectivity index (χ1n) is 6.11. The Morgan fingerprint density at radius 3 is 2.94 bits per heavy atom. The molecule has 16 heavy (non-hydrogen) atoms. The molecular formula is C13H20N2O. The van der Waals surface area contributed by atoms with E-state index in [0.29, 0.717) is 0 Å². The fourth-order valence-electron chi connectivity index (χ4n) is 2.36. The van der Waals surface area contributed by atoms with Crippen molar-refractivity contribution in [2.24, 2.45) is 0 Å². The Bertz CT molecular complexity index is 315. The van der Waals surface area contributed by atoms with Crippen molar-refractivity contribution in [3.8, 4) is 0 Å². The number of aliphatic hydroxyl groups is 1. The summed E-state index contributed by atoms with van der Waals surface area (Å²) >= 11 is 0. The van der Waals surface area contributed by atoms with Gasteiger partial charge in [0, 0.05) is 24.5 Å². The zero-order chi connectivity index (χ0) is 11.4. The molecule has 1 heterocycles. The van der Waals surface area contributed by atoms with Gasteiger partial charge in [0.25, 0.3) is 0 Å². The molecule has 0 radical (unpaired) electrons. The molecule has 0 amide bonds. The van der Waals surface area contributed by atoms with Gasteiger partial charge in [0.2, 0.25) is 0 Å². The molecule has 1 aliphatic carbocycles. The van der Waals surface area contributed by atoms with E-state index in [1.165, 1.54) is 12.0 Å². The van der Waals surface area contributed by atoms with Gasteiger partial charge < -0.3 is 10.4 Å². The lowest BCUT2D eigenvalue weighted by molar-refractivity contribution is 0.0859. The number of rotatable bonds is 3. The van der Waals surface area contributed by atoms with Crippen molar-refractivity contribution in [3.05, 3.63) is 30.1 Å². The Kier molecular flexibility index (Phi) is 3.91. The topological polar surface area (TPSA) is 45.1 Å². The summed E-state index contributed by atoms with van der Waals surface area (Å²) in [6.07, 6.45) is 7.85. The first kappa shape index (κ1) is 11.6. The van der Waals surface area contributed by atoms with Gasteiger partial charge in [-0.1, -0.05) is 18.9 Å². The van der Waals surface area contributed by atoms with Crippen LogP contribution in [0.3, 0.4) is 0 Å². The molecule has 0 spiro atoms. The van der Waals surface area contributed by atoms with E-state index in [1.807, 2.05) is 12.3 Å². The smallest absolute Gasteiger partial charge is 0.0693 e. The summed E-state index contributed by atoms with van der Waals surface area (Å²) in [5.74, 6) is 0. The highest BCUT2D eigenvalue weighted by Gasteiger charge is 2.24. The van der Waals surface area contributed by atoms with Crippen molar-refractivity contribution < 1.29 is 5.11 Å². The second-order valence-electron chi connectivity index (χ2n) is 4.63. The second-order valence-corrected chi connectivity index (χ2v) is 4.63. The molecule has 2 rings (SSSR count). The predicted molar refractivity (Wildman–Crippen MR) is 64.1 cm³/mol. The lowest BCUT2D eigenvalue weighted by atomic mass is 9.91. The Morgan fingerprint density at radius 2 is 2.25 bits per heavy atom. The van der Waals surface area contributed by atoms with E-state index >= 15 is 0 Å². The summed E-state index contributed by atoms with van der Waals surface area (Å²) in [5, 5.41) is 13.4. The van der Waals surface area contributed by atoms with Gasteiger partial charge in [-0.05, 0) is 31.4 Å². The number of hydrogen-bond acceptors (Lipinski definition) is 3. The summed E-state index contributed by atoms with van der Waals surface area (Å²) in [7, 11) is 0. The minimum absolute atomic E-state index is 0.187. The van der Waals surface area contributed by atoms with Crippen LogP contribution < -0.4 is 5.32 Å². The molecule has 3 atom stereocenters. The van der Waals surface area contributed by atoms with Crippen molar-refractivity contribution in [1.82, 2.24) is 10.3 Å². The van der Waals surface area contributed by atoms with Crippen molar-refractivity contribution in [3.63, 3.8) is 0 Å².